The number of benzene rings is 4. The first-order valence-electron chi connectivity index (χ1n) is 7.85. The lowest BCUT2D eigenvalue weighted by atomic mass is 9.91. The molecule has 1 aliphatic rings. The van der Waals surface area contributed by atoms with Crippen molar-refractivity contribution in [3.05, 3.63) is 83.4 Å². The molecule has 0 radical (unpaired) electrons. The molecule has 0 atom stereocenters. The first kappa shape index (κ1) is 12.0. The van der Waals surface area contributed by atoms with E-state index in [1.54, 1.807) is 0 Å². The van der Waals surface area contributed by atoms with Gasteiger partial charge >= 0.3 is 0 Å². The second kappa shape index (κ2) is 4.20. The first-order valence-corrected chi connectivity index (χ1v) is 7.85. The van der Waals surface area contributed by atoms with Crippen molar-refractivity contribution in [1.82, 2.24) is 0 Å². The largest absolute Gasteiger partial charge is 0.0619 e. The minimum absolute atomic E-state index is 1.05. The van der Waals surface area contributed by atoms with E-state index in [0.717, 1.165) is 6.42 Å². The molecule has 0 aliphatic heterocycles. The molecule has 0 heteroatoms. The number of aryl methyl sites for hydroxylation is 1. The van der Waals surface area contributed by atoms with Crippen LogP contribution in [0.2, 0.25) is 0 Å². The van der Waals surface area contributed by atoms with Gasteiger partial charge in [-0.15, -0.1) is 0 Å². The maximum absolute atomic E-state index is 2.33. The summed E-state index contributed by atoms with van der Waals surface area (Å²) in [6, 6.07) is 24.6. The summed E-state index contributed by atoms with van der Waals surface area (Å²) in [6.07, 6.45) is 1.05. The Bertz CT molecular complexity index is 1050. The zero-order valence-electron chi connectivity index (χ0n) is 12.6. The molecule has 0 nitrogen and oxygen atoms in total. The van der Waals surface area contributed by atoms with Crippen LogP contribution in [0.25, 0.3) is 32.7 Å². The third-order valence-corrected chi connectivity index (χ3v) is 4.94. The fraction of sp³-hybridized carbons (Fsp3) is 0.0909. The van der Waals surface area contributed by atoms with Crippen molar-refractivity contribution < 1.29 is 0 Å². The SMILES string of the molecule is Cc1ccc2c3c(c4ccccc4c2c1)-c1ccccc1C3. The number of hydrogen-bond donors (Lipinski definition) is 0. The van der Waals surface area contributed by atoms with E-state index < -0.39 is 0 Å². The lowest BCUT2D eigenvalue weighted by Crippen LogP contribution is -1.88. The van der Waals surface area contributed by atoms with Crippen molar-refractivity contribution in [3.63, 3.8) is 0 Å². The maximum atomic E-state index is 2.33. The van der Waals surface area contributed by atoms with Crippen LogP contribution in [0.3, 0.4) is 0 Å². The molecular weight excluding hydrogens is 264 g/mol. The highest BCUT2D eigenvalue weighted by molar-refractivity contribution is 6.17. The Kier molecular flexibility index (Phi) is 2.29. The van der Waals surface area contributed by atoms with Gasteiger partial charge in [0.25, 0.3) is 0 Å². The van der Waals surface area contributed by atoms with Gasteiger partial charge in [0.05, 0.1) is 0 Å². The standard InChI is InChI=1S/C22H16/c1-14-10-11-18-20(12-14)17-8-4-5-9-19(17)22-16-7-3-2-6-15(16)13-21(18)22/h2-12H,13H2,1H3. The summed E-state index contributed by atoms with van der Waals surface area (Å²) in [5.41, 5.74) is 7.14. The summed E-state index contributed by atoms with van der Waals surface area (Å²) in [4.78, 5) is 0. The highest BCUT2D eigenvalue weighted by Gasteiger charge is 2.23. The van der Waals surface area contributed by atoms with Crippen molar-refractivity contribution in [3.8, 4) is 11.1 Å². The van der Waals surface area contributed by atoms with Crippen LogP contribution in [0.1, 0.15) is 16.7 Å². The second-order valence-corrected chi connectivity index (χ2v) is 6.28. The van der Waals surface area contributed by atoms with Crippen molar-refractivity contribution in [2.24, 2.45) is 0 Å². The highest BCUT2D eigenvalue weighted by atomic mass is 14.3. The van der Waals surface area contributed by atoms with E-state index in [4.69, 9.17) is 0 Å². The van der Waals surface area contributed by atoms with Crippen molar-refractivity contribution >= 4 is 21.5 Å². The van der Waals surface area contributed by atoms with Crippen LogP contribution in [-0.2, 0) is 6.42 Å². The van der Waals surface area contributed by atoms with Gasteiger partial charge in [-0.25, -0.2) is 0 Å². The summed E-state index contributed by atoms with van der Waals surface area (Å²) in [7, 11) is 0. The van der Waals surface area contributed by atoms with E-state index in [-0.39, 0.29) is 0 Å². The van der Waals surface area contributed by atoms with Gasteiger partial charge in [0, 0.05) is 0 Å². The van der Waals surface area contributed by atoms with Crippen molar-refractivity contribution in [1.29, 1.82) is 0 Å². The number of hydrogen-bond acceptors (Lipinski definition) is 0. The van der Waals surface area contributed by atoms with Gasteiger partial charge in [0.2, 0.25) is 0 Å². The van der Waals surface area contributed by atoms with Gasteiger partial charge in [-0.05, 0) is 57.1 Å². The Morgan fingerprint density at radius 3 is 2.36 bits per heavy atom. The molecule has 0 saturated heterocycles. The maximum Gasteiger partial charge on any atom is -0.000705 e. The summed E-state index contributed by atoms with van der Waals surface area (Å²) >= 11 is 0. The third kappa shape index (κ3) is 1.47. The van der Waals surface area contributed by atoms with E-state index in [1.807, 2.05) is 0 Å². The molecular formula is C22H16. The van der Waals surface area contributed by atoms with Gasteiger partial charge < -0.3 is 0 Å². The topological polar surface area (TPSA) is 0 Å². The van der Waals surface area contributed by atoms with Crippen molar-refractivity contribution in [2.75, 3.05) is 0 Å². The van der Waals surface area contributed by atoms with E-state index >= 15 is 0 Å². The molecule has 0 spiro atoms. The Labute approximate surface area is 130 Å². The Hall–Kier alpha value is -2.60. The minimum atomic E-state index is 1.05. The van der Waals surface area contributed by atoms with Crippen LogP contribution in [0, 0.1) is 6.92 Å². The smallest absolute Gasteiger partial charge is 0.000705 e. The van der Waals surface area contributed by atoms with Crippen LogP contribution < -0.4 is 0 Å². The molecule has 0 aromatic heterocycles. The predicted molar refractivity (Wildman–Crippen MR) is 94.4 cm³/mol. The van der Waals surface area contributed by atoms with Crippen molar-refractivity contribution in [2.45, 2.75) is 13.3 Å². The average Bonchev–Trinajstić information content (AvgIpc) is 2.94. The van der Waals surface area contributed by atoms with Crippen LogP contribution in [0.5, 0.6) is 0 Å². The van der Waals surface area contributed by atoms with E-state index in [9.17, 15) is 0 Å². The number of fused-ring (bicyclic) bond motifs is 8. The molecule has 0 N–H and O–H groups in total. The quantitative estimate of drug-likeness (QED) is 0.311. The minimum Gasteiger partial charge on any atom is -0.0619 e. The Morgan fingerprint density at radius 2 is 1.45 bits per heavy atom. The fourth-order valence-corrected chi connectivity index (χ4v) is 3.98. The Balaban J connectivity index is 2.06. The molecule has 0 unspecified atom stereocenters. The number of rotatable bonds is 0. The molecule has 1 aliphatic carbocycles. The zero-order valence-corrected chi connectivity index (χ0v) is 12.6. The van der Waals surface area contributed by atoms with Gasteiger partial charge in [0.15, 0.2) is 0 Å². The van der Waals surface area contributed by atoms with Crippen LogP contribution in [0.4, 0.5) is 0 Å². The Morgan fingerprint density at radius 1 is 0.682 bits per heavy atom. The molecule has 0 bridgehead atoms. The van der Waals surface area contributed by atoms with Crippen LogP contribution in [-0.4, -0.2) is 0 Å². The molecule has 4 aromatic carbocycles. The van der Waals surface area contributed by atoms with E-state index in [1.165, 1.54) is 49.4 Å². The molecule has 104 valence electrons. The third-order valence-electron chi connectivity index (χ3n) is 4.94. The fourth-order valence-electron chi connectivity index (χ4n) is 3.98. The van der Waals surface area contributed by atoms with E-state index in [0.29, 0.717) is 0 Å². The lowest BCUT2D eigenvalue weighted by molar-refractivity contribution is 1.28. The van der Waals surface area contributed by atoms with Gasteiger partial charge in [-0.1, -0.05) is 72.3 Å². The summed E-state index contributed by atoms with van der Waals surface area (Å²) < 4.78 is 0. The molecule has 5 rings (SSSR count). The monoisotopic (exact) mass is 280 g/mol. The van der Waals surface area contributed by atoms with Gasteiger partial charge in [-0.2, -0.15) is 0 Å². The van der Waals surface area contributed by atoms with Crippen LogP contribution >= 0.6 is 0 Å². The molecule has 22 heavy (non-hydrogen) atoms. The zero-order chi connectivity index (χ0) is 14.7. The molecule has 0 amide bonds. The first-order chi connectivity index (χ1) is 10.8. The summed E-state index contributed by atoms with van der Waals surface area (Å²) in [5, 5.41) is 5.56. The second-order valence-electron chi connectivity index (χ2n) is 6.28. The van der Waals surface area contributed by atoms with Gasteiger partial charge in [0.1, 0.15) is 0 Å². The molecule has 0 fully saturated rings. The molecule has 0 heterocycles. The average molecular weight is 280 g/mol. The predicted octanol–water partition coefficient (Wildman–Crippen LogP) is 5.87. The molecule has 4 aromatic rings. The molecule has 0 saturated carbocycles. The normalized spacial score (nSPS) is 12.6. The summed E-state index contributed by atoms with van der Waals surface area (Å²) in [5.74, 6) is 0. The van der Waals surface area contributed by atoms with E-state index in [2.05, 4.69) is 73.7 Å². The lowest BCUT2D eigenvalue weighted by Gasteiger charge is -2.13. The summed E-state index contributed by atoms with van der Waals surface area (Å²) in [6.45, 7) is 2.18. The van der Waals surface area contributed by atoms with Crippen LogP contribution in [0.15, 0.2) is 66.7 Å². The highest BCUT2D eigenvalue weighted by Crippen LogP contribution is 2.45. The van der Waals surface area contributed by atoms with Gasteiger partial charge in [-0.3, -0.25) is 0 Å².